The van der Waals surface area contributed by atoms with Crippen LogP contribution in [0.15, 0.2) is 11.4 Å². The van der Waals surface area contributed by atoms with Crippen LogP contribution in [-0.4, -0.2) is 79.9 Å². The van der Waals surface area contributed by atoms with E-state index in [1.165, 1.54) is 4.90 Å². The third kappa shape index (κ3) is 3.69. The maximum absolute atomic E-state index is 13.1. The molecule has 0 aromatic carbocycles. The number of amides is 7. The van der Waals surface area contributed by atoms with Crippen LogP contribution < -0.4 is 16.8 Å². The van der Waals surface area contributed by atoms with Crippen LogP contribution in [-0.2, 0) is 14.4 Å². The van der Waals surface area contributed by atoms with E-state index in [0.29, 0.717) is 19.3 Å². The van der Waals surface area contributed by atoms with Gasteiger partial charge in [0.15, 0.2) is 0 Å². The Kier molecular flexibility index (Phi) is 6.05. The third-order valence-corrected chi connectivity index (χ3v) is 7.64. The molecule has 0 aromatic heterocycles. The molecule has 0 bridgehead atoms. The summed E-state index contributed by atoms with van der Waals surface area (Å²) in [5.41, 5.74) is 8.70. The van der Waals surface area contributed by atoms with Crippen molar-refractivity contribution in [1.29, 1.82) is 0 Å². The molecule has 2 heterocycles. The molecular formula is C22H32N6O6. The molecular weight excluding hydrogens is 444 g/mol. The van der Waals surface area contributed by atoms with E-state index in [4.69, 9.17) is 11.5 Å². The number of nitrogens with two attached hydrogens (primary N) is 2. The van der Waals surface area contributed by atoms with E-state index in [1.54, 1.807) is 0 Å². The van der Waals surface area contributed by atoms with Crippen molar-refractivity contribution in [2.24, 2.45) is 11.5 Å². The van der Waals surface area contributed by atoms with Gasteiger partial charge in [0.05, 0.1) is 12.1 Å². The molecule has 12 nitrogen and oxygen atoms in total. The van der Waals surface area contributed by atoms with Gasteiger partial charge in [-0.3, -0.25) is 29.5 Å². The molecule has 2 aliphatic heterocycles. The highest BCUT2D eigenvalue weighted by atomic mass is 16.3. The number of urea groups is 2. The van der Waals surface area contributed by atoms with Crippen LogP contribution in [0.3, 0.4) is 0 Å². The first-order valence-corrected chi connectivity index (χ1v) is 11.8. The predicted octanol–water partition coefficient (Wildman–Crippen LogP) is -0.145. The first-order valence-electron chi connectivity index (χ1n) is 11.8. The normalized spacial score (nSPS) is 29.1. The number of β-amino-alcohol motifs (C(OH)–C–C–N with tert-alkyl or cyclic N) is 1. The Balaban J connectivity index is 1.49. The van der Waals surface area contributed by atoms with Gasteiger partial charge in [0.25, 0.3) is 17.7 Å². The Morgan fingerprint density at radius 2 is 1.71 bits per heavy atom. The molecule has 4 rings (SSSR count). The lowest BCUT2D eigenvalue weighted by Gasteiger charge is -2.48. The molecule has 4 fully saturated rings. The van der Waals surface area contributed by atoms with Gasteiger partial charge in [-0.1, -0.05) is 13.3 Å². The summed E-state index contributed by atoms with van der Waals surface area (Å²) in [7, 11) is 0. The Labute approximate surface area is 197 Å². The molecule has 186 valence electrons. The summed E-state index contributed by atoms with van der Waals surface area (Å²) in [6.07, 6.45) is 4.26. The number of barbiturate groups is 1. The summed E-state index contributed by atoms with van der Waals surface area (Å²) in [5, 5.41) is 13.6. The molecule has 0 aromatic rings. The molecule has 0 unspecified atom stereocenters. The molecule has 6 N–H and O–H groups in total. The van der Waals surface area contributed by atoms with Crippen molar-refractivity contribution in [3.63, 3.8) is 0 Å². The van der Waals surface area contributed by atoms with Crippen LogP contribution in [0.1, 0.15) is 64.7 Å². The van der Waals surface area contributed by atoms with Gasteiger partial charge in [-0.15, -0.1) is 0 Å². The molecule has 2 saturated heterocycles. The van der Waals surface area contributed by atoms with Gasteiger partial charge in [0.2, 0.25) is 0 Å². The minimum atomic E-state index is -1.26. The van der Waals surface area contributed by atoms with Crippen LogP contribution in [0, 0.1) is 0 Å². The second kappa shape index (κ2) is 8.57. The highest BCUT2D eigenvalue weighted by Crippen LogP contribution is 2.43. The van der Waals surface area contributed by atoms with E-state index in [2.05, 4.69) is 5.32 Å². The fourth-order valence-corrected chi connectivity index (χ4v) is 5.41. The molecule has 12 heteroatoms. The SMILES string of the molecule is CCCCN1C(=O)C(=C(N)N)C(=O)N(C2CCC(O)(CN3C(=O)NC(=O)C34CCC4)CC2)C1=O. The fourth-order valence-electron chi connectivity index (χ4n) is 5.41. The number of unbranched alkanes of at least 4 members (excludes halogenated alkanes) is 1. The van der Waals surface area contributed by atoms with E-state index in [9.17, 15) is 29.1 Å². The molecule has 7 amide bonds. The largest absolute Gasteiger partial charge is 0.388 e. The van der Waals surface area contributed by atoms with E-state index in [1.807, 2.05) is 6.92 Å². The van der Waals surface area contributed by atoms with Crippen molar-refractivity contribution < 1.29 is 29.1 Å². The molecule has 2 aliphatic carbocycles. The van der Waals surface area contributed by atoms with E-state index >= 15 is 0 Å². The number of nitrogens with zero attached hydrogens (tertiary/aromatic N) is 3. The lowest BCUT2D eigenvalue weighted by atomic mass is 9.74. The number of nitrogens with one attached hydrogen (secondary N) is 1. The molecule has 34 heavy (non-hydrogen) atoms. The summed E-state index contributed by atoms with van der Waals surface area (Å²) >= 11 is 0. The van der Waals surface area contributed by atoms with Gasteiger partial charge in [0, 0.05) is 12.6 Å². The smallest absolute Gasteiger partial charge is 0.334 e. The van der Waals surface area contributed by atoms with E-state index < -0.39 is 52.5 Å². The Morgan fingerprint density at radius 3 is 2.24 bits per heavy atom. The topological polar surface area (TPSA) is 179 Å². The van der Waals surface area contributed by atoms with Crippen LogP contribution in [0.2, 0.25) is 0 Å². The average Bonchev–Trinajstić information content (AvgIpc) is 2.98. The van der Waals surface area contributed by atoms with Crippen LogP contribution in [0.5, 0.6) is 0 Å². The lowest BCUT2D eigenvalue weighted by molar-refractivity contribution is -0.140. The fraction of sp³-hybridized carbons (Fsp3) is 0.682. The van der Waals surface area contributed by atoms with Crippen molar-refractivity contribution in [3.05, 3.63) is 11.4 Å². The van der Waals surface area contributed by atoms with Crippen molar-refractivity contribution in [3.8, 4) is 0 Å². The first-order chi connectivity index (χ1) is 16.0. The van der Waals surface area contributed by atoms with Crippen LogP contribution in [0.25, 0.3) is 0 Å². The number of imide groups is 3. The van der Waals surface area contributed by atoms with Gasteiger partial charge >= 0.3 is 12.1 Å². The van der Waals surface area contributed by atoms with Crippen molar-refractivity contribution >= 4 is 29.8 Å². The van der Waals surface area contributed by atoms with Gasteiger partial charge in [-0.25, -0.2) is 9.59 Å². The third-order valence-electron chi connectivity index (χ3n) is 7.64. The van der Waals surface area contributed by atoms with Gasteiger partial charge in [-0.2, -0.15) is 0 Å². The average molecular weight is 477 g/mol. The first kappa shape index (κ1) is 24.0. The summed E-state index contributed by atoms with van der Waals surface area (Å²) < 4.78 is 0. The van der Waals surface area contributed by atoms with Crippen molar-refractivity contribution in [2.45, 2.75) is 81.9 Å². The second-order valence-corrected chi connectivity index (χ2v) is 9.78. The number of aliphatic hydroxyl groups is 1. The zero-order chi connectivity index (χ0) is 24.8. The highest BCUT2D eigenvalue weighted by Gasteiger charge is 2.58. The number of carbonyl (C=O) groups excluding carboxylic acids is 5. The zero-order valence-electron chi connectivity index (χ0n) is 19.3. The van der Waals surface area contributed by atoms with E-state index in [-0.39, 0.29) is 44.7 Å². The van der Waals surface area contributed by atoms with Gasteiger partial charge in [-0.05, 0) is 51.4 Å². The predicted molar refractivity (Wildman–Crippen MR) is 118 cm³/mol. The Bertz CT molecular complexity index is 961. The maximum atomic E-state index is 13.1. The minimum absolute atomic E-state index is 0.00119. The molecule has 1 spiro atoms. The van der Waals surface area contributed by atoms with Crippen molar-refractivity contribution in [2.75, 3.05) is 13.1 Å². The van der Waals surface area contributed by atoms with E-state index in [0.717, 1.165) is 22.6 Å². The molecule has 0 atom stereocenters. The quantitative estimate of drug-likeness (QED) is 0.232. The Morgan fingerprint density at radius 1 is 1.06 bits per heavy atom. The summed E-state index contributed by atoms with van der Waals surface area (Å²) in [6.45, 7) is 2.06. The zero-order valence-corrected chi connectivity index (χ0v) is 19.3. The minimum Gasteiger partial charge on any atom is -0.388 e. The summed E-state index contributed by atoms with van der Waals surface area (Å²) in [6, 6.07) is -1.76. The van der Waals surface area contributed by atoms with Crippen molar-refractivity contribution in [1.82, 2.24) is 20.0 Å². The standard InChI is InChI=1S/C22H32N6O6/c1-2-3-11-26-16(29)14(15(23)24)17(30)28(20(26)33)13-5-9-21(34,10-6-13)12-27-19(32)25-18(31)22(27)7-4-8-22/h13,34H,2-12,23-24H2,1H3,(H,25,31,32). The number of hydrogen-bond donors (Lipinski definition) is 4. The van der Waals surface area contributed by atoms with Crippen LogP contribution >= 0.6 is 0 Å². The number of hydrogen-bond acceptors (Lipinski definition) is 8. The van der Waals surface area contributed by atoms with Gasteiger partial charge in [0.1, 0.15) is 16.9 Å². The Hall–Kier alpha value is -3.15. The molecule has 4 aliphatic rings. The number of carbonyl (C=O) groups is 5. The summed E-state index contributed by atoms with van der Waals surface area (Å²) in [4.78, 5) is 67.0. The molecule has 0 radical (unpaired) electrons. The highest BCUT2D eigenvalue weighted by molar-refractivity contribution is 6.29. The van der Waals surface area contributed by atoms with Crippen LogP contribution in [0.4, 0.5) is 9.59 Å². The molecule has 2 saturated carbocycles. The monoisotopic (exact) mass is 476 g/mol. The van der Waals surface area contributed by atoms with Gasteiger partial charge < -0.3 is 21.5 Å². The lowest BCUT2D eigenvalue weighted by Crippen LogP contribution is -2.62. The maximum Gasteiger partial charge on any atom is 0.334 e. The number of rotatable bonds is 6. The summed E-state index contributed by atoms with van der Waals surface area (Å²) in [5.74, 6) is -2.36. The second-order valence-electron chi connectivity index (χ2n) is 9.78.